The molecule has 0 unspecified atom stereocenters. The number of hydrogen-bond donors (Lipinski definition) is 1. The normalized spacial score (nSPS) is 15.8. The second-order valence-corrected chi connectivity index (χ2v) is 4.15. The Kier molecular flexibility index (Phi) is 2.88. The number of hydrogen-bond acceptors (Lipinski definition) is 4. The molecule has 1 aromatic rings. The van der Waals surface area contributed by atoms with Crippen molar-refractivity contribution in [3.8, 4) is 0 Å². The van der Waals surface area contributed by atoms with Gasteiger partial charge in [0.05, 0.1) is 29.9 Å². The molecule has 2 rings (SSSR count). The summed E-state index contributed by atoms with van der Waals surface area (Å²) >= 11 is 3.34. The Morgan fingerprint density at radius 3 is 2.80 bits per heavy atom. The van der Waals surface area contributed by atoms with Crippen molar-refractivity contribution in [2.24, 2.45) is 0 Å². The SMILES string of the molecule is O=[N+]([O-])c1ccc(Br)c(NC2COC2)c1. The number of nitro groups is 1. The Bertz CT molecular complexity index is 393. The molecule has 5 nitrogen and oxygen atoms in total. The highest BCUT2D eigenvalue weighted by molar-refractivity contribution is 9.10. The molecule has 0 atom stereocenters. The number of ether oxygens (including phenoxy) is 1. The lowest BCUT2D eigenvalue weighted by atomic mass is 10.2. The van der Waals surface area contributed by atoms with E-state index in [4.69, 9.17) is 4.74 Å². The number of halogens is 1. The summed E-state index contributed by atoms with van der Waals surface area (Å²) in [7, 11) is 0. The zero-order chi connectivity index (χ0) is 10.8. The van der Waals surface area contributed by atoms with E-state index in [1.807, 2.05) is 0 Å². The van der Waals surface area contributed by atoms with Crippen molar-refractivity contribution in [2.45, 2.75) is 6.04 Å². The number of non-ortho nitro benzene ring substituents is 1. The lowest BCUT2D eigenvalue weighted by molar-refractivity contribution is -0.384. The van der Waals surface area contributed by atoms with Gasteiger partial charge in [0.15, 0.2) is 0 Å². The summed E-state index contributed by atoms with van der Waals surface area (Å²) in [5, 5.41) is 13.7. The van der Waals surface area contributed by atoms with Crippen molar-refractivity contribution >= 4 is 27.3 Å². The molecular weight excluding hydrogens is 264 g/mol. The van der Waals surface area contributed by atoms with Crippen LogP contribution in [0.2, 0.25) is 0 Å². The molecule has 80 valence electrons. The van der Waals surface area contributed by atoms with Gasteiger partial charge in [0.25, 0.3) is 5.69 Å². The van der Waals surface area contributed by atoms with Crippen LogP contribution in [0.4, 0.5) is 11.4 Å². The Labute approximate surface area is 94.7 Å². The average Bonchev–Trinajstić information content (AvgIpc) is 2.13. The van der Waals surface area contributed by atoms with Crippen LogP contribution in [0.25, 0.3) is 0 Å². The Morgan fingerprint density at radius 2 is 2.27 bits per heavy atom. The first kappa shape index (κ1) is 10.4. The van der Waals surface area contributed by atoms with E-state index in [1.165, 1.54) is 12.1 Å². The number of anilines is 1. The first-order chi connectivity index (χ1) is 7.16. The van der Waals surface area contributed by atoms with Crippen molar-refractivity contribution in [2.75, 3.05) is 18.5 Å². The van der Waals surface area contributed by atoms with Gasteiger partial charge in [-0.2, -0.15) is 0 Å². The molecule has 6 heteroatoms. The first-order valence-corrected chi connectivity index (χ1v) is 5.24. The second kappa shape index (κ2) is 4.16. The maximum atomic E-state index is 10.6. The molecule has 1 aliphatic rings. The third-order valence-corrected chi connectivity index (χ3v) is 2.85. The van der Waals surface area contributed by atoms with E-state index in [9.17, 15) is 10.1 Å². The van der Waals surface area contributed by atoms with Crippen molar-refractivity contribution in [3.63, 3.8) is 0 Å². The summed E-state index contributed by atoms with van der Waals surface area (Å²) in [5.74, 6) is 0. The smallest absolute Gasteiger partial charge is 0.271 e. The van der Waals surface area contributed by atoms with Crippen LogP contribution in [0.5, 0.6) is 0 Å². The summed E-state index contributed by atoms with van der Waals surface area (Å²) in [6.45, 7) is 1.30. The number of nitrogens with zero attached hydrogens (tertiary/aromatic N) is 1. The quantitative estimate of drug-likeness (QED) is 0.677. The lowest BCUT2D eigenvalue weighted by Crippen LogP contribution is -2.40. The molecule has 1 heterocycles. The van der Waals surface area contributed by atoms with Gasteiger partial charge in [-0.3, -0.25) is 10.1 Å². The van der Waals surface area contributed by atoms with Gasteiger partial charge >= 0.3 is 0 Å². The van der Waals surface area contributed by atoms with E-state index in [2.05, 4.69) is 21.2 Å². The molecule has 1 saturated heterocycles. The molecule has 0 bridgehead atoms. The molecule has 1 fully saturated rings. The van der Waals surface area contributed by atoms with Crippen molar-refractivity contribution in [1.29, 1.82) is 0 Å². The first-order valence-electron chi connectivity index (χ1n) is 4.45. The summed E-state index contributed by atoms with van der Waals surface area (Å²) in [6, 6.07) is 4.90. The maximum Gasteiger partial charge on any atom is 0.271 e. The molecule has 15 heavy (non-hydrogen) atoms. The van der Waals surface area contributed by atoms with Crippen molar-refractivity contribution in [3.05, 3.63) is 32.8 Å². The fourth-order valence-electron chi connectivity index (χ4n) is 1.28. The number of rotatable bonds is 3. The minimum Gasteiger partial charge on any atom is -0.377 e. The molecule has 1 N–H and O–H groups in total. The zero-order valence-electron chi connectivity index (χ0n) is 7.77. The highest BCUT2D eigenvalue weighted by Crippen LogP contribution is 2.28. The third kappa shape index (κ3) is 2.27. The van der Waals surface area contributed by atoms with Gasteiger partial charge in [0.2, 0.25) is 0 Å². The van der Waals surface area contributed by atoms with E-state index in [1.54, 1.807) is 6.07 Å². The minimum absolute atomic E-state index is 0.0842. The predicted molar refractivity (Wildman–Crippen MR) is 59.0 cm³/mol. The fraction of sp³-hybridized carbons (Fsp3) is 0.333. The van der Waals surface area contributed by atoms with Crippen molar-refractivity contribution < 1.29 is 9.66 Å². The second-order valence-electron chi connectivity index (χ2n) is 3.30. The average molecular weight is 273 g/mol. The van der Waals surface area contributed by atoms with Crippen LogP contribution in [-0.2, 0) is 4.74 Å². The molecule has 0 aromatic heterocycles. The largest absolute Gasteiger partial charge is 0.377 e. The van der Waals surface area contributed by atoms with Gasteiger partial charge < -0.3 is 10.1 Å². The van der Waals surface area contributed by atoms with Gasteiger partial charge in [-0.1, -0.05) is 0 Å². The van der Waals surface area contributed by atoms with E-state index in [-0.39, 0.29) is 11.7 Å². The summed E-state index contributed by atoms with van der Waals surface area (Å²) in [6.07, 6.45) is 0. The molecule has 1 aromatic carbocycles. The van der Waals surface area contributed by atoms with Gasteiger partial charge in [-0.25, -0.2) is 0 Å². The van der Waals surface area contributed by atoms with E-state index in [0.717, 1.165) is 10.2 Å². The van der Waals surface area contributed by atoms with Gasteiger partial charge in [-0.05, 0) is 22.0 Å². The predicted octanol–water partition coefficient (Wildman–Crippen LogP) is 2.17. The van der Waals surface area contributed by atoms with E-state index >= 15 is 0 Å². The monoisotopic (exact) mass is 272 g/mol. The Balaban J connectivity index is 2.19. The topological polar surface area (TPSA) is 64.4 Å². The Morgan fingerprint density at radius 1 is 1.53 bits per heavy atom. The number of nitro benzene ring substituents is 1. The van der Waals surface area contributed by atoms with E-state index in [0.29, 0.717) is 13.2 Å². The summed E-state index contributed by atoms with van der Waals surface area (Å²) in [5.41, 5.74) is 0.818. The van der Waals surface area contributed by atoms with Gasteiger partial charge in [-0.15, -0.1) is 0 Å². The maximum absolute atomic E-state index is 10.6. The fourth-order valence-corrected chi connectivity index (χ4v) is 1.64. The summed E-state index contributed by atoms with van der Waals surface area (Å²) < 4.78 is 5.83. The lowest BCUT2D eigenvalue weighted by Gasteiger charge is -2.28. The molecule has 0 saturated carbocycles. The molecule has 1 aliphatic heterocycles. The summed E-state index contributed by atoms with van der Waals surface area (Å²) in [4.78, 5) is 10.2. The van der Waals surface area contributed by atoms with Gasteiger partial charge in [0.1, 0.15) is 0 Å². The van der Waals surface area contributed by atoms with Crippen LogP contribution in [0.15, 0.2) is 22.7 Å². The number of nitrogens with one attached hydrogen (secondary N) is 1. The van der Waals surface area contributed by atoms with Crippen LogP contribution in [-0.4, -0.2) is 24.2 Å². The van der Waals surface area contributed by atoms with E-state index < -0.39 is 4.92 Å². The molecule has 0 aliphatic carbocycles. The Hall–Kier alpha value is -1.14. The molecule has 0 spiro atoms. The third-order valence-electron chi connectivity index (χ3n) is 2.16. The molecule has 0 amide bonds. The van der Waals surface area contributed by atoms with Crippen LogP contribution in [0.1, 0.15) is 0 Å². The van der Waals surface area contributed by atoms with Gasteiger partial charge in [0, 0.05) is 16.6 Å². The van der Waals surface area contributed by atoms with Crippen LogP contribution >= 0.6 is 15.9 Å². The standard InChI is InChI=1S/C9H9BrN2O3/c10-8-2-1-7(12(13)14)3-9(8)11-6-4-15-5-6/h1-3,6,11H,4-5H2. The molecular formula is C9H9BrN2O3. The zero-order valence-corrected chi connectivity index (χ0v) is 9.36. The van der Waals surface area contributed by atoms with Crippen LogP contribution < -0.4 is 5.32 Å². The highest BCUT2D eigenvalue weighted by Gasteiger charge is 2.19. The van der Waals surface area contributed by atoms with Crippen molar-refractivity contribution in [1.82, 2.24) is 0 Å². The van der Waals surface area contributed by atoms with Crippen LogP contribution in [0, 0.1) is 10.1 Å². The molecule has 0 radical (unpaired) electrons. The van der Waals surface area contributed by atoms with Crippen LogP contribution in [0.3, 0.4) is 0 Å². The highest BCUT2D eigenvalue weighted by atomic mass is 79.9. The number of benzene rings is 1. The minimum atomic E-state index is -0.408.